The highest BCUT2D eigenvalue weighted by molar-refractivity contribution is 7.98. The van der Waals surface area contributed by atoms with E-state index in [2.05, 4.69) is 83.7 Å². The molecule has 39 heteroatoms. The molecular formula is C86H107N19O19S. The first-order chi connectivity index (χ1) is 59.8. The van der Waals surface area contributed by atoms with Crippen molar-refractivity contribution in [1.82, 2.24) is 88.6 Å². The summed E-state index contributed by atoms with van der Waals surface area (Å²) >= 11 is 1.07. The minimum absolute atomic E-state index is 0.0321. The number of phenolic OH excluding ortho intramolecular Hbond substituents is 1. The number of nitrogens with two attached hydrogens (primary N) is 2. The standard InChI is InChI=1S/C86H107N19O19S/c1-47(2)73-84(121)102-69(45-125-44-52-19-9-10-22-59(52)86(123)105(5)48(3)76(113)96-68(38-72(110)111)80(117)99-66(81(118)103-73)36-54-40-92-61-24-14-12-21-58(54)61)83(120)97-64(34-51-26-28-56(107)29-27-51)78(115)98-65(35-53-39-91-60-23-13-11-20-57(53)60)79(116)100-67(37-55-41-89-46-94-55)82(119)104-74(49(4)106)85(122)101-63(33-50-17-7-6-8-18-50)77(114)93-42-70(108)90-31-32-124-43-71(109)95-62(75(88)112)25-15-16-30-87/h6-14,17-24,26-29,39-41,46-49,62-69,73-74,91-92,106-107H,15-16,25,30-38,42-45,87H2,1-5H3,(H2,88,112)(H,89,94)(H,90,108)(H,93,114)(H,95,109)(H,96,113)(H,97,120)(H,98,115)(H,99,117)(H,100,116)(H,101,122)(H,102,121)(H,103,118)(H,104,119)(H,110,111)/t48-,49+,62+,63-,64-,65-,66-,67-,68-,69-,73-,74-/m0/s1. The third kappa shape index (κ3) is 28.3. The number of para-hydroxylation sites is 2. The highest BCUT2D eigenvalue weighted by Gasteiger charge is 2.40. The molecule has 0 radical (unpaired) electrons. The number of aromatic amines is 3. The van der Waals surface area contributed by atoms with E-state index in [1.54, 1.807) is 123 Å². The summed E-state index contributed by atoms with van der Waals surface area (Å²) in [6, 6.07) is 17.4. The zero-order chi connectivity index (χ0) is 90.4. The Morgan fingerprint density at radius 2 is 1.18 bits per heavy atom. The Bertz CT molecular complexity index is 5100. The van der Waals surface area contributed by atoms with Crippen LogP contribution in [0.2, 0.25) is 0 Å². The van der Waals surface area contributed by atoms with Crippen molar-refractivity contribution < 1.29 is 92.0 Å². The van der Waals surface area contributed by atoms with E-state index in [0.29, 0.717) is 69.0 Å². The number of H-pyrrole nitrogens is 3. The number of amides is 14. The van der Waals surface area contributed by atoms with Gasteiger partial charge in [0, 0.05) is 109 Å². The molecule has 5 aromatic carbocycles. The summed E-state index contributed by atoms with van der Waals surface area (Å²) in [5.74, 6) is -15.4. The number of nitrogens with one attached hydrogen (secondary N) is 15. The maximum absolute atomic E-state index is 15.6. The van der Waals surface area contributed by atoms with Gasteiger partial charge in [-0.1, -0.05) is 111 Å². The molecule has 1 aliphatic rings. The number of likely N-dealkylation sites (N-methyl/N-ethyl adjacent to an activating group) is 1. The number of aliphatic hydroxyl groups excluding tert-OH is 1. The molecule has 1 aliphatic heterocycles. The van der Waals surface area contributed by atoms with E-state index in [9.17, 15) is 63.3 Å². The van der Waals surface area contributed by atoms with E-state index in [4.69, 9.17) is 16.2 Å². The Morgan fingerprint density at radius 3 is 1.82 bits per heavy atom. The quantitative estimate of drug-likeness (QED) is 0.0211. The molecular weight excluding hydrogens is 1640 g/mol. The number of hydrogen-bond donors (Lipinski definition) is 20. The lowest BCUT2D eigenvalue weighted by atomic mass is 9.99. The minimum Gasteiger partial charge on any atom is -0.508 e. The van der Waals surface area contributed by atoms with E-state index >= 15 is 24.0 Å². The lowest BCUT2D eigenvalue weighted by molar-refractivity contribution is -0.141. The molecule has 666 valence electrons. The lowest BCUT2D eigenvalue weighted by Gasteiger charge is -2.30. The number of rotatable bonds is 38. The number of benzene rings is 5. The van der Waals surface area contributed by atoms with Gasteiger partial charge in [0.25, 0.3) is 5.91 Å². The number of unbranched alkanes of at least 4 members (excludes halogenated alkanes) is 1. The maximum atomic E-state index is 15.6. The Kier molecular flexibility index (Phi) is 35.6. The van der Waals surface area contributed by atoms with E-state index < -0.39 is 187 Å². The molecule has 22 N–H and O–H groups in total. The van der Waals surface area contributed by atoms with Crippen LogP contribution < -0.4 is 75.3 Å². The number of aromatic nitrogens is 4. The lowest BCUT2D eigenvalue weighted by Crippen LogP contribution is -2.62. The molecule has 8 aromatic rings. The fraction of sp³-hybridized carbons (Fsp3) is 0.395. The average Bonchev–Trinajstić information content (AvgIpc) is 1.81. The van der Waals surface area contributed by atoms with Crippen LogP contribution >= 0.6 is 11.8 Å². The predicted octanol–water partition coefficient (Wildman–Crippen LogP) is -0.779. The van der Waals surface area contributed by atoms with Crippen LogP contribution in [-0.2, 0) is 110 Å². The van der Waals surface area contributed by atoms with Crippen LogP contribution in [0.15, 0.2) is 152 Å². The number of aromatic hydroxyl groups is 1. The second-order valence-corrected chi connectivity index (χ2v) is 31.7. The third-order valence-electron chi connectivity index (χ3n) is 20.9. The Morgan fingerprint density at radius 1 is 0.600 bits per heavy atom. The smallest absolute Gasteiger partial charge is 0.305 e. The number of carbonyl (C=O) groups excluding carboxylic acids is 14. The number of hydrogen-bond acceptors (Lipinski definition) is 21. The van der Waals surface area contributed by atoms with Crippen LogP contribution in [0.3, 0.4) is 0 Å². The van der Waals surface area contributed by atoms with E-state index in [1.165, 1.54) is 63.8 Å². The molecule has 12 atom stereocenters. The molecule has 9 rings (SSSR count). The van der Waals surface area contributed by atoms with Crippen molar-refractivity contribution in [2.24, 2.45) is 17.4 Å². The fourth-order valence-electron chi connectivity index (χ4n) is 13.8. The number of carboxylic acid groups (broad SMARTS) is 1. The number of phenols is 1. The molecule has 0 saturated heterocycles. The van der Waals surface area contributed by atoms with Gasteiger partial charge in [0.1, 0.15) is 78.8 Å². The predicted molar refractivity (Wildman–Crippen MR) is 459 cm³/mol. The number of aliphatic carboxylic acids is 1. The van der Waals surface area contributed by atoms with E-state index in [-0.39, 0.29) is 80.2 Å². The number of fused-ring (bicyclic) bond motifs is 3. The van der Waals surface area contributed by atoms with Crippen molar-refractivity contribution in [2.75, 3.05) is 45.6 Å². The van der Waals surface area contributed by atoms with Crippen LogP contribution in [0.1, 0.15) is 97.2 Å². The van der Waals surface area contributed by atoms with Crippen LogP contribution in [0.5, 0.6) is 5.75 Å². The summed E-state index contributed by atoms with van der Waals surface area (Å²) in [6.45, 7) is 4.81. The summed E-state index contributed by atoms with van der Waals surface area (Å²) in [5.41, 5.74) is 14.9. The van der Waals surface area contributed by atoms with Crippen LogP contribution in [0.25, 0.3) is 21.8 Å². The third-order valence-corrected chi connectivity index (χ3v) is 22.0. The number of aliphatic hydroxyl groups is 1. The van der Waals surface area contributed by atoms with Gasteiger partial charge in [-0.2, -0.15) is 11.8 Å². The Labute approximate surface area is 723 Å². The van der Waals surface area contributed by atoms with Crippen molar-refractivity contribution in [3.05, 3.63) is 191 Å². The summed E-state index contributed by atoms with van der Waals surface area (Å²) in [5, 5.41) is 64.7. The number of carbonyl (C=O) groups is 15. The summed E-state index contributed by atoms with van der Waals surface area (Å²) in [6.07, 6.45) is 3.22. The highest BCUT2D eigenvalue weighted by Crippen LogP contribution is 2.25. The Balaban J connectivity index is 0.980. The summed E-state index contributed by atoms with van der Waals surface area (Å²) in [4.78, 5) is 228. The van der Waals surface area contributed by atoms with Gasteiger partial charge in [0.2, 0.25) is 76.8 Å². The second-order valence-electron chi connectivity index (χ2n) is 30.6. The van der Waals surface area contributed by atoms with Gasteiger partial charge in [0.15, 0.2) is 0 Å². The van der Waals surface area contributed by atoms with Gasteiger partial charge in [0.05, 0.1) is 32.0 Å². The zero-order valence-corrected chi connectivity index (χ0v) is 70.4. The van der Waals surface area contributed by atoms with Gasteiger partial charge in [-0.05, 0) is 104 Å². The first kappa shape index (κ1) is 95.3. The molecule has 4 heterocycles. The fourth-order valence-corrected chi connectivity index (χ4v) is 14.9. The highest BCUT2D eigenvalue weighted by atomic mass is 32.2. The molecule has 0 fully saturated rings. The van der Waals surface area contributed by atoms with Gasteiger partial charge >= 0.3 is 5.97 Å². The number of thioether (sulfide) groups is 1. The number of ether oxygens (including phenoxy) is 1. The maximum Gasteiger partial charge on any atom is 0.305 e. The topological polar surface area (TPSA) is 586 Å². The van der Waals surface area contributed by atoms with Crippen LogP contribution in [-0.4, -0.2) is 247 Å². The van der Waals surface area contributed by atoms with Crippen LogP contribution in [0, 0.1) is 5.92 Å². The molecule has 38 nitrogen and oxygen atoms in total. The van der Waals surface area contributed by atoms with E-state index in [0.717, 1.165) is 16.7 Å². The van der Waals surface area contributed by atoms with Gasteiger partial charge < -0.3 is 115 Å². The normalized spacial score (nSPS) is 17.8. The largest absolute Gasteiger partial charge is 0.508 e. The van der Waals surface area contributed by atoms with Crippen molar-refractivity contribution in [3.8, 4) is 5.75 Å². The zero-order valence-electron chi connectivity index (χ0n) is 69.6. The molecule has 0 unspecified atom stereocenters. The second kappa shape index (κ2) is 46.6. The first-order valence-corrected chi connectivity index (χ1v) is 41.9. The number of nitrogens with zero attached hydrogens (tertiary/aromatic N) is 2. The number of imidazole rings is 1. The Hall–Kier alpha value is -13.5. The molecule has 125 heavy (non-hydrogen) atoms. The first-order valence-electron chi connectivity index (χ1n) is 40.7. The molecule has 0 bridgehead atoms. The molecule has 3 aromatic heterocycles. The van der Waals surface area contributed by atoms with Crippen molar-refractivity contribution >= 4 is 122 Å². The number of primary amides is 1. The summed E-state index contributed by atoms with van der Waals surface area (Å²) in [7, 11) is 1.33. The summed E-state index contributed by atoms with van der Waals surface area (Å²) < 4.78 is 5.36. The van der Waals surface area contributed by atoms with Gasteiger partial charge in [-0.3, -0.25) is 71.9 Å². The average molecular weight is 1740 g/mol. The SMILES string of the molecule is CC(C)[C@@H]1NC(=O)[C@H](Cc2c[nH]c3ccccc23)NC(=O)[C@H](CC(=O)O)NC(=O)[C@H](C)N(C)C(=O)c2ccccc2CSC[C@@H](C(=O)N[C@@H](Cc2ccc(O)cc2)C(=O)N[C@@H](Cc2c[nH]c3ccccc23)C(=O)N[C@@H](Cc2cnc[nH]2)C(=O)N[C@H](C(=O)N[C@@H](Cc2ccccc2)C(=O)NCC(=O)NCCOCC(=O)N[C@H](CCCCN)C(N)=O)[C@@H](C)O)NC1=O. The van der Waals surface area contributed by atoms with Crippen molar-refractivity contribution in [2.45, 2.75) is 164 Å². The number of carboxylic acids is 1. The van der Waals surface area contributed by atoms with Gasteiger partial charge in [-0.25, -0.2) is 4.98 Å². The van der Waals surface area contributed by atoms with Crippen LogP contribution in [0.4, 0.5) is 0 Å². The molecule has 0 spiro atoms. The monoisotopic (exact) mass is 1740 g/mol. The molecule has 0 aliphatic carbocycles. The minimum atomic E-state index is -1.86. The molecule has 14 amide bonds. The van der Waals surface area contributed by atoms with Crippen molar-refractivity contribution in [1.29, 1.82) is 0 Å². The van der Waals surface area contributed by atoms with Crippen molar-refractivity contribution in [3.63, 3.8) is 0 Å². The van der Waals surface area contributed by atoms with E-state index in [1.807, 2.05) is 0 Å². The van der Waals surface area contributed by atoms with Gasteiger partial charge in [-0.15, -0.1) is 0 Å². The molecule has 0 saturated carbocycles.